The molecule has 0 aliphatic carbocycles. The number of nitrogens with zero attached hydrogens (tertiary/aromatic N) is 1. The molecule has 0 bridgehead atoms. The first-order valence-corrected chi connectivity index (χ1v) is 7.00. The predicted octanol–water partition coefficient (Wildman–Crippen LogP) is 4.41. The fourth-order valence-corrected chi connectivity index (χ4v) is 2.65. The van der Waals surface area contributed by atoms with E-state index in [0.717, 1.165) is 5.56 Å². The van der Waals surface area contributed by atoms with Crippen molar-refractivity contribution in [1.82, 2.24) is 0 Å². The molecule has 0 saturated heterocycles. The minimum absolute atomic E-state index is 0.301. The van der Waals surface area contributed by atoms with Crippen LogP contribution in [-0.2, 0) is 6.54 Å². The normalized spacial score (nSPS) is 12.4. The highest BCUT2D eigenvalue weighted by Gasteiger charge is 2.18. The van der Waals surface area contributed by atoms with Gasteiger partial charge >= 0.3 is 0 Å². The van der Waals surface area contributed by atoms with Gasteiger partial charge in [0.15, 0.2) is 0 Å². The summed E-state index contributed by atoms with van der Waals surface area (Å²) < 4.78 is 33.0. The Balaban J connectivity index is 2.01. The Bertz CT molecular complexity index is 747. The van der Waals surface area contributed by atoms with Crippen molar-refractivity contribution in [2.75, 3.05) is 12.4 Å². The lowest BCUT2D eigenvalue weighted by molar-refractivity contribution is 0.411. The van der Waals surface area contributed by atoms with Crippen LogP contribution in [0.5, 0.6) is 5.75 Å². The topological polar surface area (TPSA) is 33.6 Å². The Kier molecular flexibility index (Phi) is 3.63. The maximum atomic E-state index is 14.2. The number of rotatable bonds is 3. The molecule has 1 heterocycles. The lowest BCUT2D eigenvalue weighted by Gasteiger charge is -2.13. The molecule has 2 aromatic rings. The van der Waals surface area contributed by atoms with Gasteiger partial charge in [-0.3, -0.25) is 4.99 Å². The van der Waals surface area contributed by atoms with Gasteiger partial charge in [0.2, 0.25) is 0 Å². The zero-order valence-corrected chi connectivity index (χ0v) is 12.7. The average molecular weight is 353 g/mol. The third kappa shape index (κ3) is 2.63. The van der Waals surface area contributed by atoms with Crippen molar-refractivity contribution in [3.05, 3.63) is 51.5 Å². The summed E-state index contributed by atoms with van der Waals surface area (Å²) in [4.78, 5) is 4.05. The minimum atomic E-state index is -0.434. The molecular weight excluding hydrogens is 342 g/mol. The summed E-state index contributed by atoms with van der Waals surface area (Å²) in [5.74, 6) is -0.399. The van der Waals surface area contributed by atoms with E-state index in [1.165, 1.54) is 19.2 Å². The highest BCUT2D eigenvalue weighted by Crippen LogP contribution is 2.35. The molecule has 0 fully saturated rings. The minimum Gasteiger partial charge on any atom is -0.497 e. The number of fused-ring (bicyclic) bond motifs is 1. The van der Waals surface area contributed by atoms with Crippen molar-refractivity contribution in [2.45, 2.75) is 6.54 Å². The van der Waals surface area contributed by atoms with Crippen LogP contribution in [0.2, 0.25) is 0 Å². The standard InChI is InChI=1S/C15H11BrF2N2O/c1-21-11-4-9(17)3-10(5-11)20-13-2-8-6-19-7-12(8)15(18)14(13)16/h2-6,20H,7H2,1H3. The van der Waals surface area contributed by atoms with E-state index in [4.69, 9.17) is 4.74 Å². The van der Waals surface area contributed by atoms with E-state index in [-0.39, 0.29) is 5.82 Å². The number of halogens is 3. The molecule has 1 aliphatic rings. The molecular formula is C15H11BrF2N2O. The zero-order chi connectivity index (χ0) is 15.0. The molecule has 3 nitrogen and oxygen atoms in total. The summed E-state index contributed by atoms with van der Waals surface area (Å²) in [7, 11) is 1.46. The molecule has 0 spiro atoms. The van der Waals surface area contributed by atoms with Gasteiger partial charge < -0.3 is 10.1 Å². The number of anilines is 2. The van der Waals surface area contributed by atoms with Gasteiger partial charge in [0.05, 0.1) is 23.8 Å². The van der Waals surface area contributed by atoms with Gasteiger partial charge in [-0.25, -0.2) is 8.78 Å². The van der Waals surface area contributed by atoms with Crippen LogP contribution >= 0.6 is 15.9 Å². The lowest BCUT2D eigenvalue weighted by Crippen LogP contribution is -1.99. The first kappa shape index (κ1) is 14.0. The first-order chi connectivity index (χ1) is 10.1. The van der Waals surface area contributed by atoms with Gasteiger partial charge in [0.1, 0.15) is 17.4 Å². The number of nitrogens with one attached hydrogen (secondary N) is 1. The van der Waals surface area contributed by atoms with Crippen LogP contribution < -0.4 is 10.1 Å². The van der Waals surface area contributed by atoms with E-state index in [0.29, 0.717) is 33.7 Å². The molecule has 0 amide bonds. The Labute approximate surface area is 128 Å². The molecule has 21 heavy (non-hydrogen) atoms. The van der Waals surface area contributed by atoms with E-state index in [1.807, 2.05) is 0 Å². The van der Waals surface area contributed by atoms with Crippen molar-refractivity contribution >= 4 is 33.5 Å². The Morgan fingerprint density at radius 3 is 2.81 bits per heavy atom. The van der Waals surface area contributed by atoms with E-state index in [1.54, 1.807) is 18.3 Å². The molecule has 0 unspecified atom stereocenters. The highest BCUT2D eigenvalue weighted by molar-refractivity contribution is 9.10. The smallest absolute Gasteiger partial charge is 0.145 e. The molecule has 0 saturated carbocycles. The molecule has 6 heteroatoms. The van der Waals surface area contributed by atoms with Crippen molar-refractivity contribution in [1.29, 1.82) is 0 Å². The van der Waals surface area contributed by atoms with E-state index >= 15 is 0 Å². The number of aliphatic imine (C=N–C) groups is 1. The largest absolute Gasteiger partial charge is 0.497 e. The van der Waals surface area contributed by atoms with E-state index in [9.17, 15) is 8.78 Å². The highest BCUT2D eigenvalue weighted by atomic mass is 79.9. The van der Waals surface area contributed by atoms with Crippen molar-refractivity contribution in [3.63, 3.8) is 0 Å². The first-order valence-electron chi connectivity index (χ1n) is 6.21. The number of benzene rings is 2. The van der Waals surface area contributed by atoms with Gasteiger partial charge in [0.25, 0.3) is 0 Å². The summed E-state index contributed by atoms with van der Waals surface area (Å²) in [6.45, 7) is 0.341. The summed E-state index contributed by atoms with van der Waals surface area (Å²) in [6, 6.07) is 6.00. The SMILES string of the molecule is COc1cc(F)cc(Nc2cc3c(c(F)c2Br)CN=C3)c1. The molecule has 1 N–H and O–H groups in total. The summed E-state index contributed by atoms with van der Waals surface area (Å²) in [6.07, 6.45) is 1.63. The number of hydrogen-bond acceptors (Lipinski definition) is 3. The van der Waals surface area contributed by atoms with Crippen molar-refractivity contribution in [3.8, 4) is 5.75 Å². The number of hydrogen-bond donors (Lipinski definition) is 1. The van der Waals surface area contributed by atoms with E-state index < -0.39 is 5.82 Å². The van der Waals surface area contributed by atoms with Crippen LogP contribution in [0.25, 0.3) is 0 Å². The van der Waals surface area contributed by atoms with Crippen LogP contribution in [0.1, 0.15) is 11.1 Å². The second kappa shape index (κ2) is 5.44. The fourth-order valence-electron chi connectivity index (χ4n) is 2.19. The summed E-state index contributed by atoms with van der Waals surface area (Å²) in [5.41, 5.74) is 2.26. The van der Waals surface area contributed by atoms with E-state index in [2.05, 4.69) is 26.2 Å². The molecule has 108 valence electrons. The van der Waals surface area contributed by atoms with Gasteiger partial charge in [-0.2, -0.15) is 0 Å². The average Bonchev–Trinajstić information content (AvgIpc) is 2.92. The van der Waals surface area contributed by atoms with Crippen LogP contribution in [0, 0.1) is 11.6 Å². The van der Waals surface area contributed by atoms with Gasteiger partial charge in [-0.15, -0.1) is 0 Å². The third-order valence-corrected chi connectivity index (χ3v) is 3.98. The van der Waals surface area contributed by atoms with Gasteiger partial charge in [-0.1, -0.05) is 0 Å². The monoisotopic (exact) mass is 352 g/mol. The Morgan fingerprint density at radius 2 is 2.05 bits per heavy atom. The van der Waals surface area contributed by atoms with Crippen LogP contribution in [-0.4, -0.2) is 13.3 Å². The maximum absolute atomic E-state index is 14.2. The van der Waals surface area contributed by atoms with Crippen LogP contribution in [0.15, 0.2) is 33.7 Å². The third-order valence-electron chi connectivity index (χ3n) is 3.21. The molecule has 2 aromatic carbocycles. The van der Waals surface area contributed by atoms with Gasteiger partial charge in [0, 0.05) is 35.2 Å². The summed E-state index contributed by atoms with van der Waals surface area (Å²) >= 11 is 3.23. The number of ether oxygens (including phenoxy) is 1. The van der Waals surface area contributed by atoms with Crippen molar-refractivity contribution < 1.29 is 13.5 Å². The van der Waals surface area contributed by atoms with Crippen LogP contribution in [0.4, 0.5) is 20.2 Å². The molecule has 1 aliphatic heterocycles. The van der Waals surface area contributed by atoms with Gasteiger partial charge in [-0.05, 0) is 28.1 Å². The maximum Gasteiger partial charge on any atom is 0.145 e. The predicted molar refractivity (Wildman–Crippen MR) is 81.6 cm³/mol. The van der Waals surface area contributed by atoms with Crippen molar-refractivity contribution in [2.24, 2.45) is 4.99 Å². The fraction of sp³-hybridized carbons (Fsp3) is 0.133. The Hall–Kier alpha value is -1.95. The Morgan fingerprint density at radius 1 is 1.24 bits per heavy atom. The molecule has 0 atom stereocenters. The quantitative estimate of drug-likeness (QED) is 0.887. The molecule has 0 aromatic heterocycles. The molecule has 3 rings (SSSR count). The summed E-state index contributed by atoms with van der Waals surface area (Å²) in [5, 5.41) is 2.99. The lowest BCUT2D eigenvalue weighted by atomic mass is 10.1. The van der Waals surface area contributed by atoms with Crippen LogP contribution in [0.3, 0.4) is 0 Å². The zero-order valence-electron chi connectivity index (χ0n) is 11.1. The second-order valence-electron chi connectivity index (χ2n) is 4.59. The number of methoxy groups -OCH3 is 1. The second-order valence-corrected chi connectivity index (χ2v) is 5.39. The molecule has 0 radical (unpaired) electrons.